The van der Waals surface area contributed by atoms with E-state index < -0.39 is 0 Å². The number of hydrogen-bond acceptors (Lipinski definition) is 3. The average molecular weight is 293 g/mol. The van der Waals surface area contributed by atoms with Gasteiger partial charge in [0.2, 0.25) is 0 Å². The molecule has 4 nitrogen and oxygen atoms in total. The summed E-state index contributed by atoms with van der Waals surface area (Å²) < 4.78 is 0.361. The molecule has 0 fully saturated rings. The molecule has 0 bridgehead atoms. The number of likely N-dealkylation sites (N-methyl/N-ethyl adjacent to an activating group) is 1. The van der Waals surface area contributed by atoms with E-state index in [1.165, 1.54) is 13.1 Å². The molecule has 0 unspecified atom stereocenters. The van der Waals surface area contributed by atoms with Crippen molar-refractivity contribution >= 4 is 40.2 Å². The van der Waals surface area contributed by atoms with Crippen molar-refractivity contribution in [2.24, 2.45) is 0 Å². The lowest BCUT2D eigenvalue weighted by Crippen LogP contribution is -2.26. The number of hydrogen-bond donors (Lipinski definition) is 0. The first-order chi connectivity index (χ1) is 6.06. The van der Waals surface area contributed by atoms with Crippen LogP contribution in [-0.4, -0.2) is 34.0 Å². The molecule has 5 heteroatoms. The van der Waals surface area contributed by atoms with Crippen LogP contribution in [0.3, 0.4) is 0 Å². The highest BCUT2D eigenvalue weighted by atomic mass is 127. The minimum atomic E-state index is -0.358. The van der Waals surface area contributed by atoms with E-state index in [2.05, 4.69) is 0 Å². The smallest absolute Gasteiger partial charge is 0.257 e. The van der Waals surface area contributed by atoms with Gasteiger partial charge in [-0.25, -0.2) is 0 Å². The molecule has 2 amide bonds. The van der Waals surface area contributed by atoms with Crippen molar-refractivity contribution in [3.05, 3.63) is 11.6 Å². The summed E-state index contributed by atoms with van der Waals surface area (Å²) in [6.45, 7) is 0. The first-order valence-electron chi connectivity index (χ1n) is 3.66. The van der Waals surface area contributed by atoms with Gasteiger partial charge in [0, 0.05) is 25.1 Å². The van der Waals surface area contributed by atoms with Crippen LogP contribution >= 0.6 is 22.6 Å². The van der Waals surface area contributed by atoms with Gasteiger partial charge >= 0.3 is 0 Å². The number of halogens is 1. The Kier molecular flexibility index (Phi) is 3.18. The van der Waals surface area contributed by atoms with Crippen LogP contribution in [0.4, 0.5) is 0 Å². The summed E-state index contributed by atoms with van der Waals surface area (Å²) in [7, 11) is 1.41. The van der Waals surface area contributed by atoms with E-state index in [4.69, 9.17) is 0 Å². The molecule has 70 valence electrons. The van der Waals surface area contributed by atoms with Crippen molar-refractivity contribution in [3.63, 3.8) is 0 Å². The summed E-state index contributed by atoms with van der Waals surface area (Å²) in [5.74, 6) is -0.743. The standard InChI is InChI=1S/C8H8INO3/c1-10-7(12)3-5(8(10)13)2-6(11)4-9/h3H,2,4H2,1H3. The Balaban J connectivity index is 2.72. The molecule has 1 aliphatic heterocycles. The van der Waals surface area contributed by atoms with Crippen molar-refractivity contribution < 1.29 is 14.4 Å². The first-order valence-corrected chi connectivity index (χ1v) is 5.19. The van der Waals surface area contributed by atoms with Gasteiger partial charge in [0.25, 0.3) is 11.8 Å². The van der Waals surface area contributed by atoms with Gasteiger partial charge in [0.1, 0.15) is 5.78 Å². The fourth-order valence-corrected chi connectivity index (χ4v) is 1.28. The average Bonchev–Trinajstić information content (AvgIpc) is 2.34. The molecule has 0 aromatic heterocycles. The number of ketones is 1. The minimum absolute atomic E-state index is 0.0386. The van der Waals surface area contributed by atoms with E-state index in [0.29, 0.717) is 10.0 Å². The number of carbonyl (C=O) groups is 3. The second-order valence-electron chi connectivity index (χ2n) is 2.72. The molecule has 1 rings (SSSR count). The molecule has 0 saturated heterocycles. The predicted molar refractivity (Wildman–Crippen MR) is 54.4 cm³/mol. The van der Waals surface area contributed by atoms with Crippen LogP contribution in [0.2, 0.25) is 0 Å². The molecule has 13 heavy (non-hydrogen) atoms. The number of rotatable bonds is 3. The van der Waals surface area contributed by atoms with Gasteiger partial charge in [-0.2, -0.15) is 0 Å². The molecular weight excluding hydrogens is 285 g/mol. The second-order valence-corrected chi connectivity index (χ2v) is 3.48. The Morgan fingerprint density at radius 1 is 1.54 bits per heavy atom. The van der Waals surface area contributed by atoms with Crippen molar-refractivity contribution in [2.45, 2.75) is 6.42 Å². The maximum atomic E-state index is 11.2. The third-order valence-corrected chi connectivity index (χ3v) is 2.60. The molecule has 0 aliphatic carbocycles. The van der Waals surface area contributed by atoms with Crippen LogP contribution < -0.4 is 0 Å². The van der Waals surface area contributed by atoms with Gasteiger partial charge in [0.15, 0.2) is 0 Å². The van der Waals surface area contributed by atoms with Crippen molar-refractivity contribution in [3.8, 4) is 0 Å². The largest absolute Gasteiger partial charge is 0.298 e. The number of alkyl halides is 1. The summed E-state index contributed by atoms with van der Waals surface area (Å²) in [4.78, 5) is 34.2. The number of nitrogens with zero attached hydrogens (tertiary/aromatic N) is 1. The summed E-state index contributed by atoms with van der Waals surface area (Å²) in [5.41, 5.74) is 0.300. The zero-order chi connectivity index (χ0) is 10.0. The topological polar surface area (TPSA) is 54.5 Å². The van der Waals surface area contributed by atoms with Gasteiger partial charge in [0.05, 0.1) is 4.43 Å². The summed E-state index contributed by atoms with van der Waals surface area (Å²) in [6, 6.07) is 0. The summed E-state index contributed by atoms with van der Waals surface area (Å²) >= 11 is 1.93. The van der Waals surface area contributed by atoms with Gasteiger partial charge in [-0.05, 0) is 0 Å². The van der Waals surface area contributed by atoms with Crippen LogP contribution in [-0.2, 0) is 14.4 Å². The molecule has 0 spiro atoms. The zero-order valence-electron chi connectivity index (χ0n) is 7.04. The molecular formula is C8H8INO3. The van der Waals surface area contributed by atoms with Gasteiger partial charge < -0.3 is 0 Å². The van der Waals surface area contributed by atoms with Crippen LogP contribution in [0, 0.1) is 0 Å². The third-order valence-electron chi connectivity index (χ3n) is 1.74. The first kappa shape index (κ1) is 10.4. The van der Waals surface area contributed by atoms with Crippen LogP contribution in [0.15, 0.2) is 11.6 Å². The monoisotopic (exact) mass is 293 g/mol. The molecule has 0 N–H and O–H groups in total. The molecule has 0 radical (unpaired) electrons. The van der Waals surface area contributed by atoms with Gasteiger partial charge in [-0.15, -0.1) is 0 Å². The highest BCUT2D eigenvalue weighted by molar-refractivity contribution is 14.1. The quantitative estimate of drug-likeness (QED) is 0.427. The summed E-state index contributed by atoms with van der Waals surface area (Å²) in [6.07, 6.45) is 1.30. The Labute approximate surface area is 89.1 Å². The maximum absolute atomic E-state index is 11.2. The predicted octanol–water partition coefficient (Wildman–Crippen LogP) is 0.306. The third kappa shape index (κ3) is 2.15. The van der Waals surface area contributed by atoms with Crippen molar-refractivity contribution in [1.82, 2.24) is 4.90 Å². The lowest BCUT2D eigenvalue weighted by molar-refractivity contribution is -0.136. The highest BCUT2D eigenvalue weighted by Gasteiger charge is 2.28. The number of Topliss-reactive ketones (excluding diaryl/α,β-unsaturated/α-hetero) is 1. The van der Waals surface area contributed by atoms with Gasteiger partial charge in [-0.3, -0.25) is 19.3 Å². The summed E-state index contributed by atoms with van der Waals surface area (Å²) in [5, 5.41) is 0. The van der Waals surface area contributed by atoms with E-state index in [0.717, 1.165) is 4.90 Å². The van der Waals surface area contributed by atoms with E-state index in [1.807, 2.05) is 22.6 Å². The Bertz CT molecular complexity index is 309. The lowest BCUT2D eigenvalue weighted by Gasteiger charge is -2.05. The number of imide groups is 1. The lowest BCUT2D eigenvalue weighted by atomic mass is 10.1. The van der Waals surface area contributed by atoms with Crippen molar-refractivity contribution in [1.29, 1.82) is 0 Å². The number of amides is 2. The fourth-order valence-electron chi connectivity index (χ4n) is 1.01. The Hall–Kier alpha value is -0.720. The Morgan fingerprint density at radius 2 is 2.15 bits per heavy atom. The van der Waals surface area contributed by atoms with E-state index in [1.54, 1.807) is 0 Å². The molecule has 1 aliphatic rings. The van der Waals surface area contributed by atoms with Crippen molar-refractivity contribution in [2.75, 3.05) is 11.5 Å². The van der Waals surface area contributed by atoms with E-state index in [-0.39, 0.29) is 24.0 Å². The van der Waals surface area contributed by atoms with E-state index in [9.17, 15) is 14.4 Å². The molecule has 1 heterocycles. The zero-order valence-corrected chi connectivity index (χ0v) is 9.20. The molecule has 0 saturated carbocycles. The molecule has 0 aromatic carbocycles. The molecule has 0 atom stereocenters. The van der Waals surface area contributed by atoms with E-state index >= 15 is 0 Å². The van der Waals surface area contributed by atoms with Crippen LogP contribution in [0.25, 0.3) is 0 Å². The molecule has 0 aromatic rings. The normalized spacial score (nSPS) is 16.5. The Morgan fingerprint density at radius 3 is 2.54 bits per heavy atom. The van der Waals surface area contributed by atoms with Crippen LogP contribution in [0.1, 0.15) is 6.42 Å². The van der Waals surface area contributed by atoms with Crippen LogP contribution in [0.5, 0.6) is 0 Å². The highest BCUT2D eigenvalue weighted by Crippen LogP contribution is 2.14. The second kappa shape index (κ2) is 3.99. The SMILES string of the molecule is CN1C(=O)C=C(CC(=O)CI)C1=O. The van der Waals surface area contributed by atoms with Gasteiger partial charge in [-0.1, -0.05) is 22.6 Å². The fraction of sp³-hybridized carbons (Fsp3) is 0.375. The maximum Gasteiger partial charge on any atom is 0.257 e. The minimum Gasteiger partial charge on any atom is -0.298 e. The number of carbonyl (C=O) groups excluding carboxylic acids is 3.